The molecule has 1 saturated heterocycles. The second-order valence-corrected chi connectivity index (χ2v) is 2.97. The third kappa shape index (κ3) is 3.89. The van der Waals surface area contributed by atoms with Crippen molar-refractivity contribution < 1.29 is 14.6 Å². The molecule has 0 unspecified atom stereocenters. The van der Waals surface area contributed by atoms with Gasteiger partial charge in [-0.25, -0.2) is 0 Å². The molecule has 1 aliphatic rings. The van der Waals surface area contributed by atoms with Crippen molar-refractivity contribution in [1.82, 2.24) is 5.01 Å². The van der Waals surface area contributed by atoms with E-state index >= 15 is 0 Å². The van der Waals surface area contributed by atoms with Crippen LogP contribution in [-0.4, -0.2) is 48.1 Å². The van der Waals surface area contributed by atoms with Gasteiger partial charge in [-0.2, -0.15) is 5.10 Å². The summed E-state index contributed by atoms with van der Waals surface area (Å²) in [5.41, 5.74) is 0.634. The van der Waals surface area contributed by atoms with Gasteiger partial charge >= 0.3 is 5.97 Å². The van der Waals surface area contributed by atoms with Gasteiger partial charge in [0.2, 0.25) is 0 Å². The fourth-order valence-corrected chi connectivity index (χ4v) is 1.15. The summed E-state index contributed by atoms with van der Waals surface area (Å²) < 4.78 is 5.14. The predicted molar refractivity (Wildman–Crippen MR) is 47.8 cm³/mol. The van der Waals surface area contributed by atoms with Gasteiger partial charge in [0.05, 0.1) is 32.7 Å². The monoisotopic (exact) mass is 186 g/mol. The number of aliphatic carboxylic acids is 1. The van der Waals surface area contributed by atoms with Crippen molar-refractivity contribution in [3.8, 4) is 0 Å². The SMILES string of the molecule is C/C(CC(=O)O)=N\N1CCOCC1. The molecular weight excluding hydrogens is 172 g/mol. The number of carbonyl (C=O) groups is 1. The predicted octanol–water partition coefficient (Wildman–Crippen LogP) is 0.169. The van der Waals surface area contributed by atoms with Crippen LogP contribution in [0.15, 0.2) is 5.10 Å². The number of hydrogen-bond acceptors (Lipinski definition) is 4. The molecular formula is C8H14N2O3. The van der Waals surface area contributed by atoms with E-state index in [9.17, 15) is 4.79 Å². The summed E-state index contributed by atoms with van der Waals surface area (Å²) in [5.74, 6) is -0.838. The molecule has 0 amide bonds. The van der Waals surface area contributed by atoms with E-state index in [1.165, 1.54) is 0 Å². The zero-order chi connectivity index (χ0) is 9.68. The molecule has 13 heavy (non-hydrogen) atoms. The number of morpholine rings is 1. The summed E-state index contributed by atoms with van der Waals surface area (Å²) in [4.78, 5) is 10.3. The first-order chi connectivity index (χ1) is 6.18. The molecule has 5 heteroatoms. The highest BCUT2D eigenvalue weighted by molar-refractivity contribution is 5.96. The van der Waals surface area contributed by atoms with E-state index in [2.05, 4.69) is 5.10 Å². The van der Waals surface area contributed by atoms with Crippen LogP contribution in [-0.2, 0) is 9.53 Å². The highest BCUT2D eigenvalue weighted by atomic mass is 16.5. The number of rotatable bonds is 3. The van der Waals surface area contributed by atoms with Gasteiger partial charge in [0, 0.05) is 5.71 Å². The van der Waals surface area contributed by atoms with E-state index in [-0.39, 0.29) is 6.42 Å². The Labute approximate surface area is 77.0 Å². The summed E-state index contributed by atoms with van der Waals surface area (Å²) in [6, 6.07) is 0. The molecule has 1 aliphatic heterocycles. The Bertz CT molecular complexity index is 209. The minimum atomic E-state index is -0.838. The molecule has 0 aromatic carbocycles. The maximum atomic E-state index is 10.3. The zero-order valence-electron chi connectivity index (χ0n) is 7.69. The number of nitrogens with zero attached hydrogens (tertiary/aromatic N) is 2. The Balaban J connectivity index is 2.38. The number of ether oxygens (including phenoxy) is 1. The summed E-state index contributed by atoms with van der Waals surface area (Å²) in [6.45, 7) is 4.56. The Morgan fingerprint density at radius 3 is 2.69 bits per heavy atom. The molecule has 0 bridgehead atoms. The Morgan fingerprint density at radius 1 is 1.54 bits per heavy atom. The lowest BCUT2D eigenvalue weighted by Gasteiger charge is -2.24. The molecule has 0 aromatic rings. The van der Waals surface area contributed by atoms with Gasteiger partial charge in [0.15, 0.2) is 0 Å². The zero-order valence-corrected chi connectivity index (χ0v) is 7.69. The lowest BCUT2D eigenvalue weighted by Crippen LogP contribution is -2.33. The quantitative estimate of drug-likeness (QED) is 0.638. The van der Waals surface area contributed by atoms with Crippen LogP contribution in [0, 0.1) is 0 Å². The number of carboxylic acids is 1. The molecule has 0 aromatic heterocycles. The molecule has 74 valence electrons. The Morgan fingerprint density at radius 2 is 2.15 bits per heavy atom. The largest absolute Gasteiger partial charge is 0.481 e. The number of hydrazone groups is 1. The molecule has 0 spiro atoms. The van der Waals surface area contributed by atoms with E-state index in [0.29, 0.717) is 18.9 Å². The molecule has 1 rings (SSSR count). The van der Waals surface area contributed by atoms with Crippen molar-refractivity contribution in [3.05, 3.63) is 0 Å². The molecule has 0 atom stereocenters. The first kappa shape index (κ1) is 9.98. The van der Waals surface area contributed by atoms with Crippen molar-refractivity contribution in [2.24, 2.45) is 5.10 Å². The topological polar surface area (TPSA) is 62.1 Å². The summed E-state index contributed by atoms with van der Waals surface area (Å²) in [5, 5.41) is 14.5. The van der Waals surface area contributed by atoms with Crippen LogP contribution >= 0.6 is 0 Å². The smallest absolute Gasteiger partial charge is 0.309 e. The van der Waals surface area contributed by atoms with Crippen LogP contribution in [0.2, 0.25) is 0 Å². The molecule has 1 fully saturated rings. The molecule has 1 heterocycles. The first-order valence-electron chi connectivity index (χ1n) is 4.27. The van der Waals surface area contributed by atoms with Crippen LogP contribution in [0.25, 0.3) is 0 Å². The third-order valence-corrected chi connectivity index (χ3v) is 1.71. The second-order valence-electron chi connectivity index (χ2n) is 2.97. The van der Waals surface area contributed by atoms with Crippen molar-refractivity contribution >= 4 is 11.7 Å². The minimum absolute atomic E-state index is 0.0113. The van der Waals surface area contributed by atoms with Crippen molar-refractivity contribution in [3.63, 3.8) is 0 Å². The molecule has 0 saturated carbocycles. The Kier molecular flexibility index (Phi) is 3.70. The number of carboxylic acid groups (broad SMARTS) is 1. The van der Waals surface area contributed by atoms with Crippen molar-refractivity contribution in [1.29, 1.82) is 0 Å². The highest BCUT2D eigenvalue weighted by Gasteiger charge is 2.08. The van der Waals surface area contributed by atoms with Crippen LogP contribution < -0.4 is 0 Å². The average molecular weight is 186 g/mol. The van der Waals surface area contributed by atoms with E-state index < -0.39 is 5.97 Å². The normalized spacial score (nSPS) is 18.8. The summed E-state index contributed by atoms with van der Waals surface area (Å²) >= 11 is 0. The summed E-state index contributed by atoms with van der Waals surface area (Å²) in [6.07, 6.45) is 0.0113. The van der Waals surface area contributed by atoms with Gasteiger partial charge in [-0.05, 0) is 6.92 Å². The fourth-order valence-electron chi connectivity index (χ4n) is 1.15. The van der Waals surface area contributed by atoms with Crippen LogP contribution in [0.1, 0.15) is 13.3 Å². The first-order valence-corrected chi connectivity index (χ1v) is 4.27. The number of hydrogen-bond donors (Lipinski definition) is 1. The molecule has 0 aliphatic carbocycles. The van der Waals surface area contributed by atoms with E-state index in [0.717, 1.165) is 13.1 Å². The van der Waals surface area contributed by atoms with Crippen LogP contribution in [0.3, 0.4) is 0 Å². The lowest BCUT2D eigenvalue weighted by molar-refractivity contribution is -0.135. The van der Waals surface area contributed by atoms with Gasteiger partial charge < -0.3 is 9.84 Å². The van der Waals surface area contributed by atoms with Crippen LogP contribution in [0.5, 0.6) is 0 Å². The molecule has 0 radical (unpaired) electrons. The van der Waals surface area contributed by atoms with Crippen molar-refractivity contribution in [2.45, 2.75) is 13.3 Å². The van der Waals surface area contributed by atoms with E-state index in [1.54, 1.807) is 6.92 Å². The van der Waals surface area contributed by atoms with E-state index in [1.807, 2.05) is 5.01 Å². The van der Waals surface area contributed by atoms with Gasteiger partial charge in [-0.3, -0.25) is 9.80 Å². The van der Waals surface area contributed by atoms with Gasteiger partial charge in [-0.15, -0.1) is 0 Å². The van der Waals surface area contributed by atoms with Gasteiger partial charge in [-0.1, -0.05) is 0 Å². The maximum Gasteiger partial charge on any atom is 0.309 e. The average Bonchev–Trinajstić information content (AvgIpc) is 2.04. The van der Waals surface area contributed by atoms with E-state index in [4.69, 9.17) is 9.84 Å². The Hall–Kier alpha value is -1.10. The maximum absolute atomic E-state index is 10.3. The fraction of sp³-hybridized carbons (Fsp3) is 0.750. The summed E-state index contributed by atoms with van der Waals surface area (Å²) in [7, 11) is 0. The van der Waals surface area contributed by atoms with Gasteiger partial charge in [0.1, 0.15) is 0 Å². The third-order valence-electron chi connectivity index (χ3n) is 1.71. The highest BCUT2D eigenvalue weighted by Crippen LogP contribution is 1.99. The molecule has 1 N–H and O–H groups in total. The molecule has 5 nitrogen and oxygen atoms in total. The van der Waals surface area contributed by atoms with Gasteiger partial charge in [0.25, 0.3) is 0 Å². The lowest BCUT2D eigenvalue weighted by atomic mass is 10.3. The van der Waals surface area contributed by atoms with Crippen LogP contribution in [0.4, 0.5) is 0 Å². The second kappa shape index (κ2) is 4.81. The van der Waals surface area contributed by atoms with Crippen molar-refractivity contribution in [2.75, 3.05) is 26.3 Å². The standard InChI is InChI=1S/C8H14N2O3/c1-7(6-8(11)12)9-10-2-4-13-5-3-10/h2-6H2,1H3,(H,11,12)/b9-7+. The minimum Gasteiger partial charge on any atom is -0.481 e.